The molecule has 1 N–H and O–H groups in total. The molecule has 134 valence electrons. The largest absolute Gasteiger partial charge is 0.326 e. The van der Waals surface area contributed by atoms with Gasteiger partial charge in [-0.15, -0.1) is 0 Å². The highest BCUT2D eigenvalue weighted by atomic mass is 16.2. The molecule has 6 heteroatoms. The number of carbonyl (C=O) groups excluding carboxylic acids is 2. The first-order chi connectivity index (χ1) is 12.1. The van der Waals surface area contributed by atoms with Crippen LogP contribution in [0, 0.1) is 0 Å². The standard InChI is InChI=1S/C19H26N4O2/c1-21-14-7-8-16(21)13-22(11-9-14)19(25)20-17-10-12-23(18(17)24)15-5-3-2-4-6-15/h2-6,14,16-17H,7-13H2,1H3,(H,20,25)/t14-,16-,17+/m0/s1. The fraction of sp³-hybridized carbons (Fsp3) is 0.579. The molecule has 2 bridgehead atoms. The number of para-hydroxylation sites is 1. The maximum atomic E-state index is 12.7. The summed E-state index contributed by atoms with van der Waals surface area (Å²) >= 11 is 0. The molecule has 0 aliphatic carbocycles. The Morgan fingerprint density at radius 2 is 1.80 bits per heavy atom. The van der Waals surface area contributed by atoms with Crippen molar-refractivity contribution in [3.05, 3.63) is 30.3 Å². The summed E-state index contributed by atoms with van der Waals surface area (Å²) in [6.07, 6.45) is 4.09. The minimum atomic E-state index is -0.411. The number of hydrogen-bond donors (Lipinski definition) is 1. The van der Waals surface area contributed by atoms with Crippen molar-refractivity contribution in [3.63, 3.8) is 0 Å². The van der Waals surface area contributed by atoms with Gasteiger partial charge in [0, 0.05) is 37.4 Å². The van der Waals surface area contributed by atoms with E-state index in [0.717, 1.165) is 31.6 Å². The van der Waals surface area contributed by atoms with Crippen LogP contribution in [-0.4, -0.2) is 66.5 Å². The van der Waals surface area contributed by atoms with Gasteiger partial charge in [-0.05, 0) is 44.9 Å². The van der Waals surface area contributed by atoms with Crippen molar-refractivity contribution < 1.29 is 9.59 Å². The number of likely N-dealkylation sites (tertiary alicyclic amines) is 1. The molecule has 0 aromatic heterocycles. The Kier molecular flexibility index (Phi) is 4.37. The quantitative estimate of drug-likeness (QED) is 0.889. The second-order valence-electron chi connectivity index (χ2n) is 7.40. The third-order valence-corrected chi connectivity index (χ3v) is 6.01. The highest BCUT2D eigenvalue weighted by Gasteiger charge is 2.38. The number of benzene rings is 1. The zero-order valence-corrected chi connectivity index (χ0v) is 14.7. The van der Waals surface area contributed by atoms with Crippen molar-refractivity contribution >= 4 is 17.6 Å². The Hall–Kier alpha value is -2.08. The van der Waals surface area contributed by atoms with Crippen molar-refractivity contribution in [1.82, 2.24) is 15.1 Å². The number of carbonyl (C=O) groups is 2. The fourth-order valence-electron chi connectivity index (χ4n) is 4.41. The van der Waals surface area contributed by atoms with Gasteiger partial charge < -0.3 is 15.1 Å². The first-order valence-electron chi connectivity index (χ1n) is 9.27. The summed E-state index contributed by atoms with van der Waals surface area (Å²) in [6, 6.07) is 10.2. The van der Waals surface area contributed by atoms with Crippen molar-refractivity contribution in [3.8, 4) is 0 Å². The fourth-order valence-corrected chi connectivity index (χ4v) is 4.41. The van der Waals surface area contributed by atoms with E-state index in [2.05, 4.69) is 17.3 Å². The predicted molar refractivity (Wildman–Crippen MR) is 96.5 cm³/mol. The third kappa shape index (κ3) is 3.11. The van der Waals surface area contributed by atoms with E-state index in [4.69, 9.17) is 0 Å². The van der Waals surface area contributed by atoms with E-state index < -0.39 is 6.04 Å². The number of anilines is 1. The molecule has 3 fully saturated rings. The van der Waals surface area contributed by atoms with Gasteiger partial charge in [0.2, 0.25) is 5.91 Å². The minimum absolute atomic E-state index is 0.00647. The molecule has 1 aromatic carbocycles. The molecule has 3 amide bonds. The predicted octanol–water partition coefficient (Wildman–Crippen LogP) is 1.67. The van der Waals surface area contributed by atoms with E-state index in [1.807, 2.05) is 35.2 Å². The van der Waals surface area contributed by atoms with Gasteiger partial charge in [-0.3, -0.25) is 9.69 Å². The molecule has 0 saturated carbocycles. The van der Waals surface area contributed by atoms with Crippen LogP contribution in [0.25, 0.3) is 0 Å². The number of nitrogens with one attached hydrogen (secondary N) is 1. The van der Waals surface area contributed by atoms with E-state index in [0.29, 0.717) is 25.0 Å². The maximum absolute atomic E-state index is 12.7. The van der Waals surface area contributed by atoms with Crippen LogP contribution < -0.4 is 10.2 Å². The molecule has 3 aliphatic rings. The first-order valence-corrected chi connectivity index (χ1v) is 9.27. The molecule has 3 aliphatic heterocycles. The Morgan fingerprint density at radius 3 is 2.60 bits per heavy atom. The number of rotatable bonds is 2. The van der Waals surface area contributed by atoms with E-state index in [1.165, 1.54) is 6.42 Å². The Labute approximate surface area is 148 Å². The summed E-state index contributed by atoms with van der Waals surface area (Å²) in [5.41, 5.74) is 0.901. The monoisotopic (exact) mass is 342 g/mol. The van der Waals surface area contributed by atoms with Crippen LogP contribution >= 0.6 is 0 Å². The van der Waals surface area contributed by atoms with Gasteiger partial charge >= 0.3 is 6.03 Å². The van der Waals surface area contributed by atoms with Gasteiger partial charge in [0.1, 0.15) is 6.04 Å². The van der Waals surface area contributed by atoms with E-state index in [-0.39, 0.29) is 11.9 Å². The molecule has 3 heterocycles. The number of urea groups is 1. The summed E-state index contributed by atoms with van der Waals surface area (Å²) in [7, 11) is 2.17. The van der Waals surface area contributed by atoms with E-state index in [9.17, 15) is 9.59 Å². The molecule has 4 rings (SSSR count). The summed E-state index contributed by atoms with van der Waals surface area (Å²) in [4.78, 5) is 31.5. The molecule has 0 unspecified atom stereocenters. The van der Waals surface area contributed by atoms with Crippen LogP contribution in [0.1, 0.15) is 25.7 Å². The number of likely N-dealkylation sites (N-methyl/N-ethyl adjacent to an activating group) is 1. The molecule has 0 spiro atoms. The van der Waals surface area contributed by atoms with Gasteiger partial charge in [0.15, 0.2) is 0 Å². The van der Waals surface area contributed by atoms with Crippen LogP contribution in [-0.2, 0) is 4.79 Å². The van der Waals surface area contributed by atoms with Gasteiger partial charge in [-0.1, -0.05) is 18.2 Å². The minimum Gasteiger partial charge on any atom is -0.326 e. The van der Waals surface area contributed by atoms with E-state index in [1.54, 1.807) is 4.90 Å². The Bertz CT molecular complexity index is 650. The number of fused-ring (bicyclic) bond motifs is 2. The molecule has 6 nitrogen and oxygen atoms in total. The highest BCUT2D eigenvalue weighted by Crippen LogP contribution is 2.28. The lowest BCUT2D eigenvalue weighted by Crippen LogP contribution is -2.50. The van der Waals surface area contributed by atoms with Crippen LogP contribution in [0.2, 0.25) is 0 Å². The number of amides is 3. The zero-order valence-electron chi connectivity index (χ0n) is 14.7. The van der Waals surface area contributed by atoms with Crippen LogP contribution in [0.5, 0.6) is 0 Å². The molecule has 1 aromatic rings. The molecule has 3 saturated heterocycles. The van der Waals surface area contributed by atoms with Crippen LogP contribution in [0.4, 0.5) is 10.5 Å². The summed E-state index contributed by atoms with van der Waals surface area (Å²) in [6.45, 7) is 2.20. The lowest BCUT2D eigenvalue weighted by molar-refractivity contribution is -0.118. The number of nitrogens with zero attached hydrogens (tertiary/aromatic N) is 3. The van der Waals surface area contributed by atoms with Crippen molar-refractivity contribution in [2.45, 2.75) is 43.8 Å². The number of hydrogen-bond acceptors (Lipinski definition) is 3. The molecule has 0 radical (unpaired) electrons. The third-order valence-electron chi connectivity index (χ3n) is 6.01. The van der Waals surface area contributed by atoms with Crippen LogP contribution in [0.15, 0.2) is 30.3 Å². The highest BCUT2D eigenvalue weighted by molar-refractivity contribution is 6.01. The van der Waals surface area contributed by atoms with Crippen LogP contribution in [0.3, 0.4) is 0 Å². The van der Waals surface area contributed by atoms with Crippen molar-refractivity contribution in [1.29, 1.82) is 0 Å². The van der Waals surface area contributed by atoms with Gasteiger partial charge in [-0.25, -0.2) is 4.79 Å². The molecular formula is C19H26N4O2. The average molecular weight is 342 g/mol. The lowest BCUT2D eigenvalue weighted by Gasteiger charge is -2.27. The normalized spacial score (nSPS) is 29.8. The first kappa shape index (κ1) is 16.4. The summed E-state index contributed by atoms with van der Waals surface area (Å²) in [5, 5.41) is 2.98. The topological polar surface area (TPSA) is 55.9 Å². The molecular weight excluding hydrogens is 316 g/mol. The molecule has 25 heavy (non-hydrogen) atoms. The average Bonchev–Trinajstić information content (AvgIpc) is 3.08. The second-order valence-corrected chi connectivity index (χ2v) is 7.40. The molecule has 3 atom stereocenters. The van der Waals surface area contributed by atoms with E-state index >= 15 is 0 Å². The van der Waals surface area contributed by atoms with Gasteiger partial charge in [0.25, 0.3) is 0 Å². The maximum Gasteiger partial charge on any atom is 0.318 e. The van der Waals surface area contributed by atoms with Gasteiger partial charge in [0.05, 0.1) is 0 Å². The SMILES string of the molecule is CN1[C@H]2CC[C@H]1CN(C(=O)N[C@@H]1CCN(c3ccccc3)C1=O)CC2. The summed E-state index contributed by atoms with van der Waals surface area (Å²) < 4.78 is 0. The Morgan fingerprint density at radius 1 is 1.04 bits per heavy atom. The van der Waals surface area contributed by atoms with Crippen molar-refractivity contribution in [2.75, 3.05) is 31.6 Å². The lowest BCUT2D eigenvalue weighted by atomic mass is 10.1. The van der Waals surface area contributed by atoms with Gasteiger partial charge in [-0.2, -0.15) is 0 Å². The zero-order chi connectivity index (χ0) is 17.4. The second kappa shape index (κ2) is 6.67. The van der Waals surface area contributed by atoms with Crippen molar-refractivity contribution in [2.24, 2.45) is 0 Å². The summed E-state index contributed by atoms with van der Waals surface area (Å²) in [5.74, 6) is -0.00647. The smallest absolute Gasteiger partial charge is 0.318 e. The Balaban J connectivity index is 1.38.